The maximum Gasteiger partial charge on any atom is -0.00383 e. The molecule has 68 valence electrons. The number of thioether (sulfide) groups is 1. The highest BCUT2D eigenvalue weighted by molar-refractivity contribution is 7.99. The number of halogens is 1. The molecule has 0 aromatic heterocycles. The molecule has 1 fully saturated rings. The molecule has 1 aliphatic rings. The summed E-state index contributed by atoms with van der Waals surface area (Å²) in [6.07, 6.45) is 2.79. The zero-order chi connectivity index (χ0) is 7.23. The van der Waals surface area contributed by atoms with E-state index in [0.717, 1.165) is 5.92 Å². The number of piperidine rings is 1. The minimum absolute atomic E-state index is 0. The number of hydrogen-bond donors (Lipinski definition) is 1. The molecular weight excluding hydrogens is 178 g/mol. The summed E-state index contributed by atoms with van der Waals surface area (Å²) in [5.41, 5.74) is 0. The van der Waals surface area contributed by atoms with Crippen molar-refractivity contribution in [3.8, 4) is 0 Å². The predicted octanol–water partition coefficient (Wildman–Crippen LogP) is 2.16. The average molecular weight is 196 g/mol. The minimum Gasteiger partial charge on any atom is -0.317 e. The van der Waals surface area contributed by atoms with Gasteiger partial charge in [-0.05, 0) is 43.4 Å². The second-order valence-electron chi connectivity index (χ2n) is 2.85. The van der Waals surface area contributed by atoms with Crippen LogP contribution >= 0.6 is 24.2 Å². The van der Waals surface area contributed by atoms with Gasteiger partial charge in [0.2, 0.25) is 0 Å². The summed E-state index contributed by atoms with van der Waals surface area (Å²) >= 11 is 2.09. The highest BCUT2D eigenvalue weighted by atomic mass is 35.5. The van der Waals surface area contributed by atoms with E-state index in [9.17, 15) is 0 Å². The van der Waals surface area contributed by atoms with Crippen LogP contribution in [-0.2, 0) is 0 Å². The van der Waals surface area contributed by atoms with Gasteiger partial charge in [0.25, 0.3) is 0 Å². The Morgan fingerprint density at radius 1 is 1.36 bits per heavy atom. The molecule has 0 unspecified atom stereocenters. The lowest BCUT2D eigenvalue weighted by atomic mass is 10.0. The highest BCUT2D eigenvalue weighted by Crippen LogP contribution is 2.17. The van der Waals surface area contributed by atoms with Crippen LogP contribution in [0.4, 0.5) is 0 Å². The van der Waals surface area contributed by atoms with Crippen LogP contribution in [0, 0.1) is 5.92 Å². The van der Waals surface area contributed by atoms with E-state index < -0.39 is 0 Å². The maximum absolute atomic E-state index is 3.38. The van der Waals surface area contributed by atoms with E-state index in [1.807, 2.05) is 0 Å². The number of hydrogen-bond acceptors (Lipinski definition) is 2. The van der Waals surface area contributed by atoms with Crippen LogP contribution in [-0.4, -0.2) is 24.6 Å². The Hall–Kier alpha value is 0.600. The van der Waals surface area contributed by atoms with Crippen molar-refractivity contribution < 1.29 is 0 Å². The molecule has 0 aromatic carbocycles. The Morgan fingerprint density at radius 2 is 2.00 bits per heavy atom. The fourth-order valence-corrected chi connectivity index (χ4v) is 2.24. The van der Waals surface area contributed by atoms with Crippen molar-refractivity contribution in [3.05, 3.63) is 0 Å². The van der Waals surface area contributed by atoms with Gasteiger partial charge in [-0.1, -0.05) is 6.92 Å². The first-order chi connectivity index (χ1) is 4.93. The van der Waals surface area contributed by atoms with Gasteiger partial charge < -0.3 is 5.32 Å². The van der Waals surface area contributed by atoms with E-state index in [4.69, 9.17) is 0 Å². The first-order valence-corrected chi connectivity index (χ1v) is 5.37. The summed E-state index contributed by atoms with van der Waals surface area (Å²) < 4.78 is 0. The molecule has 0 amide bonds. The Bertz CT molecular complexity index is 84.2. The maximum atomic E-state index is 3.38. The van der Waals surface area contributed by atoms with Gasteiger partial charge in [-0.25, -0.2) is 0 Å². The first kappa shape index (κ1) is 11.6. The van der Waals surface area contributed by atoms with Gasteiger partial charge in [0.15, 0.2) is 0 Å². The minimum atomic E-state index is 0. The standard InChI is InChI=1S/C8H17NS.ClH/c1-2-10-7-8-3-5-9-6-4-8;/h8-9H,2-7H2,1H3;1H. The largest absolute Gasteiger partial charge is 0.317 e. The molecule has 1 N–H and O–H groups in total. The second-order valence-corrected chi connectivity index (χ2v) is 4.17. The molecule has 1 heterocycles. The van der Waals surface area contributed by atoms with Crippen molar-refractivity contribution in [2.24, 2.45) is 5.92 Å². The molecule has 1 nitrogen and oxygen atoms in total. The Morgan fingerprint density at radius 3 is 2.55 bits per heavy atom. The summed E-state index contributed by atoms with van der Waals surface area (Å²) in [5, 5.41) is 3.38. The lowest BCUT2D eigenvalue weighted by Gasteiger charge is -2.21. The molecule has 0 bridgehead atoms. The molecule has 0 aliphatic carbocycles. The quantitative estimate of drug-likeness (QED) is 0.741. The van der Waals surface area contributed by atoms with Gasteiger partial charge in [0, 0.05) is 0 Å². The Kier molecular flexibility index (Phi) is 7.66. The van der Waals surface area contributed by atoms with Gasteiger partial charge in [0.1, 0.15) is 0 Å². The van der Waals surface area contributed by atoms with Gasteiger partial charge >= 0.3 is 0 Å². The van der Waals surface area contributed by atoms with Crippen molar-refractivity contribution in [2.45, 2.75) is 19.8 Å². The fraction of sp³-hybridized carbons (Fsp3) is 1.00. The van der Waals surface area contributed by atoms with Crippen molar-refractivity contribution in [1.82, 2.24) is 5.32 Å². The first-order valence-electron chi connectivity index (χ1n) is 4.22. The molecule has 1 aliphatic heterocycles. The normalized spacial score (nSPS) is 19.4. The van der Waals surface area contributed by atoms with Gasteiger partial charge in [-0.2, -0.15) is 11.8 Å². The summed E-state index contributed by atoms with van der Waals surface area (Å²) in [4.78, 5) is 0. The smallest absolute Gasteiger partial charge is 0.00383 e. The third kappa shape index (κ3) is 4.94. The SMILES string of the molecule is CCSCC1CCNCC1.Cl. The zero-order valence-corrected chi connectivity index (χ0v) is 8.77. The molecule has 11 heavy (non-hydrogen) atoms. The average Bonchev–Trinajstić information content (AvgIpc) is 2.03. The molecule has 0 radical (unpaired) electrons. The van der Waals surface area contributed by atoms with E-state index in [0.29, 0.717) is 0 Å². The van der Waals surface area contributed by atoms with Crippen LogP contribution in [0.2, 0.25) is 0 Å². The second kappa shape index (κ2) is 7.26. The van der Waals surface area contributed by atoms with E-state index in [1.165, 1.54) is 37.4 Å². The topological polar surface area (TPSA) is 12.0 Å². The molecule has 0 aromatic rings. The van der Waals surface area contributed by atoms with Crippen molar-refractivity contribution >= 4 is 24.2 Å². The van der Waals surface area contributed by atoms with E-state index in [-0.39, 0.29) is 12.4 Å². The summed E-state index contributed by atoms with van der Waals surface area (Å²) in [5.74, 6) is 3.67. The number of rotatable bonds is 3. The lowest BCUT2D eigenvalue weighted by molar-refractivity contribution is 0.408. The predicted molar refractivity (Wildman–Crippen MR) is 55.8 cm³/mol. The highest BCUT2D eigenvalue weighted by Gasteiger charge is 2.11. The molecule has 1 rings (SSSR count). The van der Waals surface area contributed by atoms with E-state index >= 15 is 0 Å². The lowest BCUT2D eigenvalue weighted by Crippen LogP contribution is -2.28. The zero-order valence-electron chi connectivity index (χ0n) is 7.14. The van der Waals surface area contributed by atoms with E-state index in [2.05, 4.69) is 24.0 Å². The van der Waals surface area contributed by atoms with E-state index in [1.54, 1.807) is 0 Å². The molecule has 3 heteroatoms. The monoisotopic (exact) mass is 195 g/mol. The van der Waals surface area contributed by atoms with Crippen LogP contribution in [0.5, 0.6) is 0 Å². The molecule has 1 saturated heterocycles. The van der Waals surface area contributed by atoms with Crippen molar-refractivity contribution in [1.29, 1.82) is 0 Å². The van der Waals surface area contributed by atoms with Crippen molar-refractivity contribution in [2.75, 3.05) is 24.6 Å². The van der Waals surface area contributed by atoms with Crippen LogP contribution in [0.25, 0.3) is 0 Å². The summed E-state index contributed by atoms with van der Waals surface area (Å²) in [6.45, 7) is 4.73. The van der Waals surface area contributed by atoms with Crippen molar-refractivity contribution in [3.63, 3.8) is 0 Å². The Labute approximate surface area is 80.1 Å². The van der Waals surface area contributed by atoms with Crippen LogP contribution < -0.4 is 5.32 Å². The van der Waals surface area contributed by atoms with Gasteiger partial charge in [-0.3, -0.25) is 0 Å². The molecule has 0 atom stereocenters. The summed E-state index contributed by atoms with van der Waals surface area (Å²) in [6, 6.07) is 0. The number of nitrogens with one attached hydrogen (secondary N) is 1. The molecule has 0 saturated carbocycles. The Balaban J connectivity index is 0.000001000. The summed E-state index contributed by atoms with van der Waals surface area (Å²) in [7, 11) is 0. The van der Waals surface area contributed by atoms with Gasteiger partial charge in [-0.15, -0.1) is 12.4 Å². The van der Waals surface area contributed by atoms with Crippen LogP contribution in [0.3, 0.4) is 0 Å². The fourth-order valence-electron chi connectivity index (χ4n) is 1.33. The molecule has 0 spiro atoms. The van der Waals surface area contributed by atoms with Gasteiger partial charge in [0.05, 0.1) is 0 Å². The van der Waals surface area contributed by atoms with Crippen LogP contribution in [0.15, 0.2) is 0 Å². The molecular formula is C8H18ClNS. The third-order valence-corrected chi connectivity index (χ3v) is 3.13. The van der Waals surface area contributed by atoms with Crippen LogP contribution in [0.1, 0.15) is 19.8 Å². The third-order valence-electron chi connectivity index (χ3n) is 2.02.